The molecule has 108 valence electrons. The Balaban J connectivity index is 1.94. The summed E-state index contributed by atoms with van der Waals surface area (Å²) < 4.78 is 11.9. The number of pyridine rings is 1. The summed E-state index contributed by atoms with van der Waals surface area (Å²) in [6, 6.07) is 3.56. The van der Waals surface area contributed by atoms with Gasteiger partial charge in [0.1, 0.15) is 5.82 Å². The maximum Gasteiger partial charge on any atom is 0.514 e. The highest BCUT2D eigenvalue weighted by Crippen LogP contribution is 2.45. The molecule has 0 radical (unpaired) electrons. The van der Waals surface area contributed by atoms with Crippen molar-refractivity contribution in [1.29, 1.82) is 0 Å². The maximum absolute atomic E-state index is 10.2. The predicted molar refractivity (Wildman–Crippen MR) is 77.5 cm³/mol. The van der Waals surface area contributed by atoms with Crippen LogP contribution in [0.15, 0.2) is 12.1 Å². The molecule has 2 heterocycles. The average Bonchev–Trinajstić information content (AvgIpc) is 3.01. The number of aromatic nitrogens is 1. The van der Waals surface area contributed by atoms with Crippen LogP contribution in [0.4, 0.5) is 5.82 Å². The Bertz CT molecular complexity index is 539. The molecule has 0 unspecified atom stereocenters. The number of nitrogens with zero attached hydrogens (tertiary/aromatic N) is 1. The third-order valence-corrected chi connectivity index (χ3v) is 4.62. The second-order valence-electron chi connectivity index (χ2n) is 6.83. The summed E-state index contributed by atoms with van der Waals surface area (Å²) in [5.41, 5.74) is 5.71. The van der Waals surface area contributed by atoms with E-state index in [1.807, 2.05) is 33.8 Å². The Hall–Kier alpha value is -1.11. The van der Waals surface area contributed by atoms with Crippen molar-refractivity contribution in [3.63, 3.8) is 0 Å². The van der Waals surface area contributed by atoms with E-state index in [0.29, 0.717) is 11.4 Å². The minimum atomic E-state index is -0.741. The average molecular weight is 276 g/mol. The van der Waals surface area contributed by atoms with Gasteiger partial charge in [0.15, 0.2) is 0 Å². The quantitative estimate of drug-likeness (QED) is 0.786. The first-order chi connectivity index (χ1) is 9.13. The van der Waals surface area contributed by atoms with Gasteiger partial charge in [0.05, 0.1) is 22.4 Å². The first kappa shape index (κ1) is 13.9. The summed E-state index contributed by atoms with van der Waals surface area (Å²) in [7, 11) is -0.551. The van der Waals surface area contributed by atoms with E-state index in [1.165, 1.54) is 0 Å². The molecule has 1 aromatic heterocycles. The van der Waals surface area contributed by atoms with Crippen LogP contribution in [0.2, 0.25) is 0 Å². The monoisotopic (exact) mass is 276 g/mol. The number of nitrogens with two attached hydrogens (primary N) is 1. The molecule has 2 fully saturated rings. The summed E-state index contributed by atoms with van der Waals surface area (Å²) in [6.07, 6.45) is 1.53. The van der Waals surface area contributed by atoms with Gasteiger partial charge in [-0.2, -0.15) is 0 Å². The van der Waals surface area contributed by atoms with Crippen molar-refractivity contribution in [1.82, 2.24) is 4.98 Å². The zero-order valence-electron chi connectivity index (χ0n) is 12.4. The van der Waals surface area contributed by atoms with Gasteiger partial charge in [0, 0.05) is 0 Å². The topological polar surface area (TPSA) is 77.6 Å². The van der Waals surface area contributed by atoms with Crippen molar-refractivity contribution in [3.8, 4) is 0 Å². The van der Waals surface area contributed by atoms with Crippen LogP contribution in [0.1, 0.15) is 46.1 Å². The fraction of sp³-hybridized carbons (Fsp3) is 0.643. The number of nitrogen functional groups attached to an aromatic ring is 1. The van der Waals surface area contributed by atoms with Crippen LogP contribution >= 0.6 is 0 Å². The van der Waals surface area contributed by atoms with Crippen LogP contribution in [0, 0.1) is 0 Å². The summed E-state index contributed by atoms with van der Waals surface area (Å²) >= 11 is 0. The lowest BCUT2D eigenvalue weighted by Crippen LogP contribution is -2.41. The van der Waals surface area contributed by atoms with Crippen molar-refractivity contribution in [2.75, 3.05) is 5.73 Å². The zero-order chi connectivity index (χ0) is 14.8. The van der Waals surface area contributed by atoms with E-state index < -0.39 is 23.9 Å². The van der Waals surface area contributed by atoms with Gasteiger partial charge < -0.3 is 20.1 Å². The number of rotatable bonds is 2. The summed E-state index contributed by atoms with van der Waals surface area (Å²) in [5, 5.41) is 10.2. The molecule has 3 rings (SSSR count). The minimum Gasteiger partial charge on any atom is -0.398 e. The van der Waals surface area contributed by atoms with Crippen molar-refractivity contribution in [2.45, 2.75) is 57.3 Å². The lowest BCUT2D eigenvalue weighted by molar-refractivity contribution is 0.00578. The molecule has 1 aromatic rings. The lowest BCUT2D eigenvalue weighted by Gasteiger charge is -2.32. The van der Waals surface area contributed by atoms with E-state index >= 15 is 0 Å². The molecule has 2 aliphatic rings. The molecule has 1 aliphatic heterocycles. The standard InChI is InChI=1S/C14H21BN2O3/c1-12(2)13(3,4)20-15(19-12)10-7-9(8-11(16)17-10)14(18)5-6-14/h7-8,18H,5-6H2,1-4H3,(H2,16,17). The van der Waals surface area contributed by atoms with Crippen molar-refractivity contribution in [2.24, 2.45) is 0 Å². The Kier molecular flexibility index (Phi) is 2.75. The molecule has 20 heavy (non-hydrogen) atoms. The lowest BCUT2D eigenvalue weighted by atomic mass is 9.82. The second-order valence-corrected chi connectivity index (χ2v) is 6.83. The molecular weight excluding hydrogens is 255 g/mol. The molecular formula is C14H21BN2O3. The highest BCUT2D eigenvalue weighted by atomic mass is 16.7. The molecule has 0 spiro atoms. The number of hydrogen-bond donors (Lipinski definition) is 2. The largest absolute Gasteiger partial charge is 0.514 e. The van der Waals surface area contributed by atoms with Gasteiger partial charge in [-0.15, -0.1) is 0 Å². The second kappa shape index (κ2) is 3.96. The number of hydrogen-bond acceptors (Lipinski definition) is 5. The third-order valence-electron chi connectivity index (χ3n) is 4.62. The summed E-state index contributed by atoms with van der Waals surface area (Å²) in [5.74, 6) is 0.382. The molecule has 5 nitrogen and oxygen atoms in total. The van der Waals surface area contributed by atoms with Gasteiger partial charge >= 0.3 is 7.12 Å². The first-order valence-electron chi connectivity index (χ1n) is 6.99. The minimum absolute atomic E-state index is 0.382. The van der Waals surface area contributed by atoms with Crippen LogP contribution in [-0.4, -0.2) is 28.4 Å². The van der Waals surface area contributed by atoms with Crippen LogP contribution in [0.25, 0.3) is 0 Å². The van der Waals surface area contributed by atoms with E-state index in [2.05, 4.69) is 4.98 Å². The van der Waals surface area contributed by atoms with E-state index in [9.17, 15) is 5.11 Å². The third kappa shape index (κ3) is 2.12. The molecule has 1 aliphatic carbocycles. The van der Waals surface area contributed by atoms with Gasteiger partial charge in [0.2, 0.25) is 0 Å². The molecule has 3 N–H and O–H groups in total. The normalized spacial score (nSPS) is 25.8. The number of anilines is 1. The zero-order valence-corrected chi connectivity index (χ0v) is 12.4. The smallest absolute Gasteiger partial charge is 0.398 e. The molecule has 1 saturated heterocycles. The van der Waals surface area contributed by atoms with Crippen molar-refractivity contribution in [3.05, 3.63) is 17.7 Å². The van der Waals surface area contributed by atoms with Crippen LogP contribution in [0.5, 0.6) is 0 Å². The highest BCUT2D eigenvalue weighted by molar-refractivity contribution is 6.61. The van der Waals surface area contributed by atoms with Gasteiger partial charge in [-0.3, -0.25) is 0 Å². The summed E-state index contributed by atoms with van der Waals surface area (Å²) in [4.78, 5) is 4.30. The first-order valence-corrected chi connectivity index (χ1v) is 6.99. The molecule has 0 aromatic carbocycles. The number of aliphatic hydroxyl groups is 1. The molecule has 0 atom stereocenters. The SMILES string of the molecule is CC1(C)OB(c2cc(C3(O)CC3)cc(N)n2)OC1(C)C. The Labute approximate surface area is 119 Å². The van der Waals surface area contributed by atoms with E-state index in [4.69, 9.17) is 15.0 Å². The fourth-order valence-electron chi connectivity index (χ4n) is 2.33. The molecule has 0 bridgehead atoms. The van der Waals surface area contributed by atoms with Gasteiger partial charge in [-0.1, -0.05) is 0 Å². The molecule has 6 heteroatoms. The maximum atomic E-state index is 10.2. The van der Waals surface area contributed by atoms with Crippen LogP contribution in [-0.2, 0) is 14.9 Å². The van der Waals surface area contributed by atoms with Gasteiger partial charge in [-0.05, 0) is 58.2 Å². The van der Waals surface area contributed by atoms with Crippen molar-refractivity contribution < 1.29 is 14.4 Å². The van der Waals surface area contributed by atoms with Gasteiger partial charge in [-0.25, -0.2) is 4.98 Å². The van der Waals surface area contributed by atoms with E-state index in [0.717, 1.165) is 18.4 Å². The summed E-state index contributed by atoms with van der Waals surface area (Å²) in [6.45, 7) is 7.98. The Morgan fingerprint density at radius 2 is 1.70 bits per heavy atom. The fourth-order valence-corrected chi connectivity index (χ4v) is 2.33. The Morgan fingerprint density at radius 3 is 2.20 bits per heavy atom. The van der Waals surface area contributed by atoms with Gasteiger partial charge in [0.25, 0.3) is 0 Å². The molecule has 1 saturated carbocycles. The van der Waals surface area contributed by atoms with E-state index in [1.54, 1.807) is 6.07 Å². The van der Waals surface area contributed by atoms with Crippen LogP contribution in [0.3, 0.4) is 0 Å². The van der Waals surface area contributed by atoms with Crippen LogP contribution < -0.4 is 11.3 Å². The van der Waals surface area contributed by atoms with E-state index in [-0.39, 0.29) is 0 Å². The van der Waals surface area contributed by atoms with Crippen molar-refractivity contribution >= 4 is 18.5 Å². The Morgan fingerprint density at radius 1 is 1.15 bits per heavy atom. The highest BCUT2D eigenvalue weighted by Gasteiger charge is 2.53. The predicted octanol–water partition coefficient (Wildman–Crippen LogP) is 0.944. The molecule has 0 amide bonds.